The molecule has 76 valence electrons. The van der Waals surface area contributed by atoms with Crippen molar-refractivity contribution in [1.82, 2.24) is 0 Å². The van der Waals surface area contributed by atoms with Crippen LogP contribution >= 0.6 is 0 Å². The van der Waals surface area contributed by atoms with Gasteiger partial charge < -0.3 is 9.84 Å². The number of rotatable bonds is 5. The molecule has 2 nitrogen and oxygen atoms in total. The van der Waals surface area contributed by atoms with Crippen LogP contribution in [0.1, 0.15) is 27.2 Å². The number of aliphatic hydroxyl groups is 1. The van der Waals surface area contributed by atoms with Gasteiger partial charge in [0.2, 0.25) is 0 Å². The van der Waals surface area contributed by atoms with E-state index >= 15 is 0 Å². The quantitative estimate of drug-likeness (QED) is 0.664. The summed E-state index contributed by atoms with van der Waals surface area (Å²) in [5, 5.41) is 9.58. The van der Waals surface area contributed by atoms with E-state index in [1.165, 1.54) is 6.08 Å². The number of hydrogen-bond donors (Lipinski definition) is 1. The molecule has 0 aromatic heterocycles. The van der Waals surface area contributed by atoms with Gasteiger partial charge in [-0.25, -0.2) is 0 Å². The smallest absolute Gasteiger partial charge is 0.0831 e. The second-order valence-corrected chi connectivity index (χ2v) is 3.98. The lowest BCUT2D eigenvalue weighted by Crippen LogP contribution is -2.21. The van der Waals surface area contributed by atoms with Gasteiger partial charge in [0.15, 0.2) is 0 Å². The Kier molecular flexibility index (Phi) is 4.37. The molecule has 0 aliphatic carbocycles. The average Bonchev–Trinajstić information content (AvgIpc) is 2.04. The fraction of sp³-hybridized carbons (Fsp3) is 0.636. The summed E-state index contributed by atoms with van der Waals surface area (Å²) in [6.07, 6.45) is 5.94. The third-order valence-electron chi connectivity index (χ3n) is 2.02. The van der Waals surface area contributed by atoms with Crippen molar-refractivity contribution in [3.8, 4) is 0 Å². The molecule has 0 saturated heterocycles. The van der Waals surface area contributed by atoms with Crippen LogP contribution < -0.4 is 0 Å². The maximum atomic E-state index is 9.58. The molecule has 1 unspecified atom stereocenters. The van der Waals surface area contributed by atoms with Gasteiger partial charge in [-0.15, -0.1) is 6.58 Å². The Balaban J connectivity index is 4.09. The minimum Gasteiger partial charge on any atom is -0.386 e. The predicted octanol–water partition coefficient (Wildman–Crippen LogP) is 2.29. The number of hydrogen-bond acceptors (Lipinski definition) is 2. The Labute approximate surface area is 80.9 Å². The fourth-order valence-corrected chi connectivity index (χ4v) is 0.733. The van der Waals surface area contributed by atoms with Crippen LogP contribution in [0.3, 0.4) is 0 Å². The monoisotopic (exact) mass is 184 g/mol. The van der Waals surface area contributed by atoms with Crippen LogP contribution in [0.2, 0.25) is 0 Å². The zero-order chi connectivity index (χ0) is 10.5. The maximum Gasteiger partial charge on any atom is 0.0831 e. The van der Waals surface area contributed by atoms with Crippen LogP contribution in [-0.2, 0) is 4.74 Å². The topological polar surface area (TPSA) is 29.5 Å². The van der Waals surface area contributed by atoms with E-state index in [1.807, 2.05) is 26.0 Å². The Hall–Kier alpha value is -0.600. The van der Waals surface area contributed by atoms with Gasteiger partial charge in [-0.2, -0.15) is 0 Å². The molecule has 0 rings (SSSR count). The SMILES string of the molecule is C=CC(C)(O)C/C=C/C(C)(C)OC. The van der Waals surface area contributed by atoms with E-state index in [0.717, 1.165) is 0 Å². The lowest BCUT2D eigenvalue weighted by atomic mass is 10.0. The first-order valence-electron chi connectivity index (χ1n) is 4.42. The minimum absolute atomic E-state index is 0.267. The molecular weight excluding hydrogens is 164 g/mol. The van der Waals surface area contributed by atoms with E-state index in [0.29, 0.717) is 6.42 Å². The fourth-order valence-electron chi connectivity index (χ4n) is 0.733. The van der Waals surface area contributed by atoms with E-state index in [-0.39, 0.29) is 5.60 Å². The third kappa shape index (κ3) is 5.61. The summed E-state index contributed by atoms with van der Waals surface area (Å²) in [6, 6.07) is 0. The Morgan fingerprint density at radius 1 is 1.38 bits per heavy atom. The Morgan fingerprint density at radius 2 is 1.92 bits per heavy atom. The standard InChI is InChI=1S/C11H20O2/c1-6-11(4,12)9-7-8-10(2,3)13-5/h6-8,12H,1,9H2,2-5H3/b8-7+. The van der Waals surface area contributed by atoms with Gasteiger partial charge >= 0.3 is 0 Å². The first kappa shape index (κ1) is 12.4. The Bertz CT molecular complexity index is 190. The molecule has 0 bridgehead atoms. The van der Waals surface area contributed by atoms with E-state index < -0.39 is 5.60 Å². The van der Waals surface area contributed by atoms with Crippen LogP contribution in [0.4, 0.5) is 0 Å². The first-order valence-corrected chi connectivity index (χ1v) is 4.42. The molecule has 0 aromatic carbocycles. The Morgan fingerprint density at radius 3 is 2.31 bits per heavy atom. The predicted molar refractivity (Wildman–Crippen MR) is 55.7 cm³/mol. The van der Waals surface area contributed by atoms with Crippen LogP contribution in [0.15, 0.2) is 24.8 Å². The molecule has 2 heteroatoms. The van der Waals surface area contributed by atoms with Gasteiger partial charge in [0.1, 0.15) is 0 Å². The van der Waals surface area contributed by atoms with Gasteiger partial charge in [-0.3, -0.25) is 0 Å². The summed E-state index contributed by atoms with van der Waals surface area (Å²) in [5.41, 5.74) is -1.09. The van der Waals surface area contributed by atoms with Crippen molar-refractivity contribution in [3.63, 3.8) is 0 Å². The van der Waals surface area contributed by atoms with Crippen molar-refractivity contribution in [3.05, 3.63) is 24.8 Å². The van der Waals surface area contributed by atoms with Gasteiger partial charge in [0.05, 0.1) is 11.2 Å². The highest BCUT2D eigenvalue weighted by Gasteiger charge is 2.15. The van der Waals surface area contributed by atoms with Crippen molar-refractivity contribution in [1.29, 1.82) is 0 Å². The summed E-state index contributed by atoms with van der Waals surface area (Å²) in [4.78, 5) is 0. The summed E-state index contributed by atoms with van der Waals surface area (Å²) < 4.78 is 5.19. The summed E-state index contributed by atoms with van der Waals surface area (Å²) in [6.45, 7) is 9.21. The van der Waals surface area contributed by atoms with Crippen LogP contribution in [0.5, 0.6) is 0 Å². The summed E-state index contributed by atoms with van der Waals surface area (Å²) in [5.74, 6) is 0. The second-order valence-electron chi connectivity index (χ2n) is 3.98. The number of ether oxygens (including phenoxy) is 1. The van der Waals surface area contributed by atoms with Crippen molar-refractivity contribution in [2.75, 3.05) is 7.11 Å². The summed E-state index contributed by atoms with van der Waals surface area (Å²) in [7, 11) is 1.66. The van der Waals surface area contributed by atoms with Gasteiger partial charge in [0, 0.05) is 7.11 Å². The van der Waals surface area contributed by atoms with Crippen molar-refractivity contribution < 1.29 is 9.84 Å². The molecular formula is C11H20O2. The minimum atomic E-state index is -0.819. The third-order valence-corrected chi connectivity index (χ3v) is 2.02. The van der Waals surface area contributed by atoms with E-state index in [9.17, 15) is 5.11 Å². The number of methoxy groups -OCH3 is 1. The molecule has 0 fully saturated rings. The van der Waals surface area contributed by atoms with Crippen LogP contribution in [-0.4, -0.2) is 23.4 Å². The first-order chi connectivity index (χ1) is 5.83. The highest BCUT2D eigenvalue weighted by atomic mass is 16.5. The average molecular weight is 184 g/mol. The van der Waals surface area contributed by atoms with E-state index in [2.05, 4.69) is 6.58 Å². The van der Waals surface area contributed by atoms with Crippen LogP contribution in [0.25, 0.3) is 0 Å². The maximum absolute atomic E-state index is 9.58. The largest absolute Gasteiger partial charge is 0.386 e. The lowest BCUT2D eigenvalue weighted by molar-refractivity contribution is 0.0644. The second kappa shape index (κ2) is 4.58. The van der Waals surface area contributed by atoms with Crippen molar-refractivity contribution in [2.45, 2.75) is 38.4 Å². The highest BCUT2D eigenvalue weighted by molar-refractivity contribution is 5.03. The molecule has 13 heavy (non-hydrogen) atoms. The van der Waals surface area contributed by atoms with E-state index in [4.69, 9.17) is 4.74 Å². The van der Waals surface area contributed by atoms with Gasteiger partial charge in [-0.05, 0) is 27.2 Å². The molecule has 0 aromatic rings. The molecule has 0 aliphatic rings. The molecule has 1 N–H and O–H groups in total. The molecule has 1 atom stereocenters. The zero-order valence-electron chi connectivity index (χ0n) is 9.00. The van der Waals surface area contributed by atoms with Gasteiger partial charge in [0.25, 0.3) is 0 Å². The van der Waals surface area contributed by atoms with Crippen molar-refractivity contribution in [2.24, 2.45) is 0 Å². The molecule has 0 heterocycles. The highest BCUT2D eigenvalue weighted by Crippen LogP contribution is 2.14. The van der Waals surface area contributed by atoms with E-state index in [1.54, 1.807) is 14.0 Å². The molecule has 0 saturated carbocycles. The molecule has 0 spiro atoms. The normalized spacial score (nSPS) is 17.3. The van der Waals surface area contributed by atoms with Crippen LogP contribution in [0, 0.1) is 0 Å². The zero-order valence-corrected chi connectivity index (χ0v) is 9.00. The molecule has 0 radical (unpaired) electrons. The molecule has 0 aliphatic heterocycles. The van der Waals surface area contributed by atoms with Gasteiger partial charge in [-0.1, -0.05) is 18.2 Å². The lowest BCUT2D eigenvalue weighted by Gasteiger charge is -2.20. The molecule has 0 amide bonds. The summed E-state index contributed by atoms with van der Waals surface area (Å²) >= 11 is 0. The van der Waals surface area contributed by atoms with Crippen molar-refractivity contribution >= 4 is 0 Å².